The Bertz CT molecular complexity index is 238. The molecular weight excluding hydrogens is 247 g/mol. The molecule has 0 radical (unpaired) electrons. The molecule has 1 N–H and O–H groups in total. The SMILES string of the molecule is COCCCCCN1CCC(O)(C(F)(F)F)CC1. The summed E-state index contributed by atoms with van der Waals surface area (Å²) < 4.78 is 42.6. The topological polar surface area (TPSA) is 32.7 Å². The Morgan fingerprint density at radius 2 is 1.78 bits per heavy atom. The van der Waals surface area contributed by atoms with Crippen LogP contribution in [0.15, 0.2) is 0 Å². The van der Waals surface area contributed by atoms with Gasteiger partial charge in [0, 0.05) is 26.8 Å². The number of hydrogen-bond donors (Lipinski definition) is 1. The molecule has 1 fully saturated rings. The van der Waals surface area contributed by atoms with Crippen LogP contribution in [0.3, 0.4) is 0 Å². The molecule has 6 heteroatoms. The minimum Gasteiger partial charge on any atom is -0.385 e. The first-order chi connectivity index (χ1) is 8.39. The van der Waals surface area contributed by atoms with E-state index in [4.69, 9.17) is 4.74 Å². The van der Waals surface area contributed by atoms with Crippen LogP contribution in [0.5, 0.6) is 0 Å². The fraction of sp³-hybridized carbons (Fsp3) is 1.00. The van der Waals surface area contributed by atoms with Gasteiger partial charge in [-0.25, -0.2) is 0 Å². The van der Waals surface area contributed by atoms with Gasteiger partial charge in [0.05, 0.1) is 0 Å². The van der Waals surface area contributed by atoms with E-state index in [0.29, 0.717) is 13.1 Å². The van der Waals surface area contributed by atoms with Gasteiger partial charge in [0.25, 0.3) is 0 Å². The maximum absolute atomic E-state index is 12.6. The van der Waals surface area contributed by atoms with Crippen LogP contribution in [0, 0.1) is 0 Å². The molecular formula is C12H22F3NO2. The van der Waals surface area contributed by atoms with E-state index >= 15 is 0 Å². The fourth-order valence-electron chi connectivity index (χ4n) is 2.19. The molecule has 18 heavy (non-hydrogen) atoms. The fourth-order valence-corrected chi connectivity index (χ4v) is 2.19. The molecule has 1 aliphatic heterocycles. The standard InChI is InChI=1S/C12H22F3NO2/c1-18-10-4-2-3-7-16-8-5-11(17,6-9-16)12(13,14)15/h17H,2-10H2,1H3. The number of methoxy groups -OCH3 is 1. The number of likely N-dealkylation sites (tertiary alicyclic amines) is 1. The molecule has 0 unspecified atom stereocenters. The van der Waals surface area contributed by atoms with Crippen LogP contribution >= 0.6 is 0 Å². The molecule has 108 valence electrons. The highest BCUT2D eigenvalue weighted by Crippen LogP contribution is 2.38. The van der Waals surface area contributed by atoms with Gasteiger partial charge in [-0.3, -0.25) is 0 Å². The Hall–Kier alpha value is -0.330. The van der Waals surface area contributed by atoms with Crippen LogP contribution in [0.4, 0.5) is 13.2 Å². The van der Waals surface area contributed by atoms with Crippen molar-refractivity contribution in [2.45, 2.75) is 43.9 Å². The van der Waals surface area contributed by atoms with E-state index < -0.39 is 11.8 Å². The zero-order valence-electron chi connectivity index (χ0n) is 10.8. The van der Waals surface area contributed by atoms with Gasteiger partial charge in [-0.2, -0.15) is 13.2 Å². The Labute approximate surface area is 106 Å². The summed E-state index contributed by atoms with van der Waals surface area (Å²) >= 11 is 0. The predicted octanol–water partition coefficient (Wildman–Crippen LogP) is 2.19. The third kappa shape index (κ3) is 4.40. The van der Waals surface area contributed by atoms with E-state index in [2.05, 4.69) is 0 Å². The number of nitrogens with zero attached hydrogens (tertiary/aromatic N) is 1. The van der Waals surface area contributed by atoms with Gasteiger partial charge in [0.2, 0.25) is 0 Å². The zero-order valence-corrected chi connectivity index (χ0v) is 10.8. The largest absolute Gasteiger partial charge is 0.417 e. The summed E-state index contributed by atoms with van der Waals surface area (Å²) in [5.74, 6) is 0. The number of aliphatic hydroxyl groups is 1. The zero-order chi connectivity index (χ0) is 13.6. The summed E-state index contributed by atoms with van der Waals surface area (Å²) in [7, 11) is 1.66. The lowest BCUT2D eigenvalue weighted by molar-refractivity contribution is -0.272. The molecule has 0 aromatic carbocycles. The summed E-state index contributed by atoms with van der Waals surface area (Å²) in [5, 5.41) is 9.50. The second-order valence-electron chi connectivity index (χ2n) is 4.92. The molecule has 1 heterocycles. The molecule has 0 saturated carbocycles. The lowest BCUT2D eigenvalue weighted by Crippen LogP contribution is -2.53. The average Bonchev–Trinajstić information content (AvgIpc) is 2.30. The van der Waals surface area contributed by atoms with E-state index in [1.165, 1.54) is 0 Å². The van der Waals surface area contributed by atoms with E-state index in [-0.39, 0.29) is 12.8 Å². The number of halogens is 3. The molecule has 0 spiro atoms. The quantitative estimate of drug-likeness (QED) is 0.750. The van der Waals surface area contributed by atoms with Crippen molar-refractivity contribution < 1.29 is 23.0 Å². The molecule has 1 rings (SSSR count). The van der Waals surface area contributed by atoms with Crippen molar-refractivity contribution in [3.8, 4) is 0 Å². The van der Waals surface area contributed by atoms with Gasteiger partial charge < -0.3 is 14.7 Å². The Morgan fingerprint density at radius 1 is 1.17 bits per heavy atom. The van der Waals surface area contributed by atoms with Crippen LogP contribution in [-0.2, 0) is 4.74 Å². The van der Waals surface area contributed by atoms with Gasteiger partial charge in [0.1, 0.15) is 0 Å². The molecule has 1 aliphatic rings. The molecule has 0 aliphatic carbocycles. The van der Waals surface area contributed by atoms with Crippen molar-refractivity contribution in [2.24, 2.45) is 0 Å². The van der Waals surface area contributed by atoms with E-state index in [9.17, 15) is 18.3 Å². The third-order valence-corrected chi connectivity index (χ3v) is 3.53. The van der Waals surface area contributed by atoms with Gasteiger partial charge in [0.15, 0.2) is 5.60 Å². The maximum atomic E-state index is 12.6. The van der Waals surface area contributed by atoms with Crippen molar-refractivity contribution >= 4 is 0 Å². The third-order valence-electron chi connectivity index (χ3n) is 3.53. The minimum absolute atomic E-state index is 0.214. The van der Waals surface area contributed by atoms with Crippen molar-refractivity contribution in [3.05, 3.63) is 0 Å². The smallest absolute Gasteiger partial charge is 0.385 e. The lowest BCUT2D eigenvalue weighted by Gasteiger charge is -2.39. The number of alkyl halides is 3. The summed E-state index contributed by atoms with van der Waals surface area (Å²) in [5.41, 5.74) is -2.47. The van der Waals surface area contributed by atoms with Crippen molar-refractivity contribution in [1.29, 1.82) is 0 Å². The number of unbranched alkanes of at least 4 members (excludes halogenated alkanes) is 2. The summed E-state index contributed by atoms with van der Waals surface area (Å²) in [4.78, 5) is 1.99. The van der Waals surface area contributed by atoms with Gasteiger partial charge >= 0.3 is 6.18 Å². The first-order valence-electron chi connectivity index (χ1n) is 6.39. The summed E-state index contributed by atoms with van der Waals surface area (Å²) in [6.07, 6.45) is -1.96. The molecule has 0 bridgehead atoms. The first-order valence-corrected chi connectivity index (χ1v) is 6.39. The Kier molecular flexibility index (Phi) is 5.88. The predicted molar refractivity (Wildman–Crippen MR) is 62.4 cm³/mol. The normalized spacial score (nSPS) is 21.2. The number of rotatable bonds is 6. The molecule has 1 saturated heterocycles. The molecule has 3 nitrogen and oxygen atoms in total. The minimum atomic E-state index is -4.50. The highest BCUT2D eigenvalue weighted by Gasteiger charge is 2.54. The lowest BCUT2D eigenvalue weighted by atomic mass is 9.90. The molecule has 0 atom stereocenters. The van der Waals surface area contributed by atoms with E-state index in [1.54, 1.807) is 7.11 Å². The van der Waals surface area contributed by atoms with Crippen LogP contribution in [0.25, 0.3) is 0 Å². The Morgan fingerprint density at radius 3 is 2.28 bits per heavy atom. The second kappa shape index (κ2) is 6.73. The summed E-state index contributed by atoms with van der Waals surface area (Å²) in [6.45, 7) is 2.17. The van der Waals surface area contributed by atoms with Gasteiger partial charge in [-0.15, -0.1) is 0 Å². The summed E-state index contributed by atoms with van der Waals surface area (Å²) in [6, 6.07) is 0. The van der Waals surface area contributed by atoms with Crippen molar-refractivity contribution in [1.82, 2.24) is 4.90 Å². The second-order valence-corrected chi connectivity index (χ2v) is 4.92. The van der Waals surface area contributed by atoms with Crippen molar-refractivity contribution in [2.75, 3.05) is 33.4 Å². The monoisotopic (exact) mass is 269 g/mol. The van der Waals surface area contributed by atoms with Crippen LogP contribution in [0.2, 0.25) is 0 Å². The van der Waals surface area contributed by atoms with Crippen LogP contribution in [0.1, 0.15) is 32.1 Å². The van der Waals surface area contributed by atoms with E-state index in [1.807, 2.05) is 4.90 Å². The number of piperidine rings is 1. The van der Waals surface area contributed by atoms with Crippen LogP contribution in [-0.4, -0.2) is 55.1 Å². The van der Waals surface area contributed by atoms with Gasteiger partial charge in [-0.05, 0) is 38.6 Å². The maximum Gasteiger partial charge on any atom is 0.417 e. The average molecular weight is 269 g/mol. The van der Waals surface area contributed by atoms with Crippen LogP contribution < -0.4 is 0 Å². The first kappa shape index (κ1) is 15.7. The molecule has 0 amide bonds. The molecule has 0 aromatic rings. The highest BCUT2D eigenvalue weighted by molar-refractivity contribution is 4.91. The van der Waals surface area contributed by atoms with Crippen molar-refractivity contribution in [3.63, 3.8) is 0 Å². The number of hydrogen-bond acceptors (Lipinski definition) is 3. The van der Waals surface area contributed by atoms with E-state index in [0.717, 1.165) is 32.4 Å². The van der Waals surface area contributed by atoms with Gasteiger partial charge in [-0.1, -0.05) is 0 Å². The number of ether oxygens (including phenoxy) is 1. The molecule has 0 aromatic heterocycles. The Balaban J connectivity index is 2.19. The highest BCUT2D eigenvalue weighted by atomic mass is 19.4.